The average Bonchev–Trinajstić information content (AvgIpc) is 2.81. The van der Waals surface area contributed by atoms with Crippen molar-refractivity contribution < 1.29 is 19.8 Å². The van der Waals surface area contributed by atoms with Gasteiger partial charge in [0.05, 0.1) is 0 Å². The molecule has 2 fully saturated rings. The third-order valence-electron chi connectivity index (χ3n) is 5.85. The summed E-state index contributed by atoms with van der Waals surface area (Å²) in [4.78, 5) is 30.1. The Morgan fingerprint density at radius 2 is 1.42 bits per heavy atom. The van der Waals surface area contributed by atoms with Crippen LogP contribution in [0.1, 0.15) is 18.4 Å². The number of para-hydroxylation sites is 1. The summed E-state index contributed by atoms with van der Waals surface area (Å²) in [5, 5.41) is 14.8. The van der Waals surface area contributed by atoms with Gasteiger partial charge in [-0.05, 0) is 55.8 Å². The zero-order valence-corrected chi connectivity index (χ0v) is 17.6. The van der Waals surface area contributed by atoms with E-state index in [1.54, 1.807) is 0 Å². The number of benzene rings is 1. The molecule has 0 atom stereocenters. The Morgan fingerprint density at radius 1 is 0.839 bits per heavy atom. The summed E-state index contributed by atoms with van der Waals surface area (Å²) in [5.74, 6) is -3.65. The van der Waals surface area contributed by atoms with Crippen LogP contribution in [0.2, 0.25) is 0 Å². The maximum atomic E-state index is 9.10. The molecule has 0 bridgehead atoms. The maximum Gasteiger partial charge on any atom is 0.414 e. The van der Waals surface area contributed by atoms with Crippen LogP contribution in [0, 0.1) is 0 Å². The van der Waals surface area contributed by atoms with E-state index < -0.39 is 11.9 Å². The van der Waals surface area contributed by atoms with Gasteiger partial charge in [-0.3, -0.25) is 14.8 Å². The minimum Gasteiger partial charge on any atom is -0.473 e. The lowest BCUT2D eigenvalue weighted by Crippen LogP contribution is -2.53. The molecular weight excluding hydrogens is 396 g/mol. The van der Waals surface area contributed by atoms with Crippen LogP contribution in [-0.4, -0.2) is 82.2 Å². The first kappa shape index (κ1) is 22.7. The van der Waals surface area contributed by atoms with Gasteiger partial charge in [-0.2, -0.15) is 0 Å². The second-order valence-corrected chi connectivity index (χ2v) is 7.83. The number of rotatable bonds is 4. The fourth-order valence-electron chi connectivity index (χ4n) is 4.17. The monoisotopic (exact) mass is 426 g/mol. The summed E-state index contributed by atoms with van der Waals surface area (Å²) in [5.41, 5.74) is 2.75. The first-order valence-corrected chi connectivity index (χ1v) is 10.6. The molecule has 4 rings (SSSR count). The number of aliphatic carboxylic acids is 2. The number of pyridine rings is 1. The molecule has 8 nitrogen and oxygen atoms in total. The lowest BCUT2D eigenvalue weighted by molar-refractivity contribution is -0.159. The molecule has 8 heteroatoms. The van der Waals surface area contributed by atoms with Crippen molar-refractivity contribution in [3.05, 3.63) is 60.4 Å². The summed E-state index contributed by atoms with van der Waals surface area (Å²) in [6.45, 7) is 8.20. The van der Waals surface area contributed by atoms with Gasteiger partial charge < -0.3 is 15.1 Å². The standard InChI is InChI=1S/C21H28N4.C2H2O4/c1-2-4-20(5-3-1)24-14-16-25(17-15-24)21-8-12-23(13-9-21)18-19-6-10-22-11-7-19;3-1(4)2(5)6/h1-7,10-11,21H,8-9,12-18H2;(H,3,4)(H,5,6). The zero-order valence-electron chi connectivity index (χ0n) is 17.6. The smallest absolute Gasteiger partial charge is 0.414 e. The van der Waals surface area contributed by atoms with Gasteiger partial charge in [-0.15, -0.1) is 0 Å². The van der Waals surface area contributed by atoms with Gasteiger partial charge in [-0.25, -0.2) is 9.59 Å². The quantitative estimate of drug-likeness (QED) is 0.717. The van der Waals surface area contributed by atoms with Crippen LogP contribution in [-0.2, 0) is 16.1 Å². The van der Waals surface area contributed by atoms with Crippen LogP contribution in [0.15, 0.2) is 54.9 Å². The third kappa shape index (κ3) is 7.04. The van der Waals surface area contributed by atoms with E-state index in [-0.39, 0.29) is 0 Å². The van der Waals surface area contributed by atoms with Gasteiger partial charge in [0.1, 0.15) is 0 Å². The van der Waals surface area contributed by atoms with Crippen LogP contribution in [0.25, 0.3) is 0 Å². The highest BCUT2D eigenvalue weighted by Gasteiger charge is 2.27. The van der Waals surface area contributed by atoms with E-state index in [2.05, 4.69) is 62.1 Å². The van der Waals surface area contributed by atoms with Crippen molar-refractivity contribution in [3.8, 4) is 0 Å². The SMILES string of the molecule is O=C(O)C(=O)O.c1ccc(N2CCN(C3CCN(Cc4ccncc4)CC3)CC2)cc1. The summed E-state index contributed by atoms with van der Waals surface area (Å²) in [7, 11) is 0. The molecule has 2 saturated heterocycles. The molecule has 166 valence electrons. The minimum absolute atomic E-state index is 0.770. The molecule has 0 amide bonds. The molecule has 0 aliphatic carbocycles. The summed E-state index contributed by atoms with van der Waals surface area (Å²) >= 11 is 0. The first-order chi connectivity index (χ1) is 15.0. The van der Waals surface area contributed by atoms with Gasteiger partial charge in [-0.1, -0.05) is 18.2 Å². The second kappa shape index (κ2) is 11.4. The first-order valence-electron chi connectivity index (χ1n) is 10.6. The number of hydrogen-bond donors (Lipinski definition) is 2. The van der Waals surface area contributed by atoms with Crippen molar-refractivity contribution in [1.82, 2.24) is 14.8 Å². The van der Waals surface area contributed by atoms with Gasteiger partial charge >= 0.3 is 11.9 Å². The van der Waals surface area contributed by atoms with Crippen LogP contribution in [0.5, 0.6) is 0 Å². The van der Waals surface area contributed by atoms with Crippen LogP contribution >= 0.6 is 0 Å². The molecule has 2 aliphatic heterocycles. The number of piperazine rings is 1. The van der Waals surface area contributed by atoms with Crippen molar-refractivity contribution in [2.24, 2.45) is 0 Å². The molecule has 31 heavy (non-hydrogen) atoms. The topological polar surface area (TPSA) is 97.2 Å². The molecule has 0 unspecified atom stereocenters. The van der Waals surface area contributed by atoms with Crippen molar-refractivity contribution in [3.63, 3.8) is 0 Å². The van der Waals surface area contributed by atoms with E-state index >= 15 is 0 Å². The van der Waals surface area contributed by atoms with Crippen LogP contribution in [0.3, 0.4) is 0 Å². The van der Waals surface area contributed by atoms with Gasteiger partial charge in [0.2, 0.25) is 0 Å². The van der Waals surface area contributed by atoms with Gasteiger partial charge in [0, 0.05) is 56.8 Å². The Bertz CT molecular complexity index is 806. The highest BCUT2D eigenvalue weighted by Crippen LogP contribution is 2.22. The van der Waals surface area contributed by atoms with Gasteiger partial charge in [0.25, 0.3) is 0 Å². The molecule has 2 aliphatic rings. The fraction of sp³-hybridized carbons (Fsp3) is 0.435. The molecule has 1 aromatic carbocycles. The molecule has 1 aromatic heterocycles. The number of hydrogen-bond acceptors (Lipinski definition) is 6. The minimum atomic E-state index is -1.82. The highest BCUT2D eigenvalue weighted by atomic mass is 16.4. The largest absolute Gasteiger partial charge is 0.473 e. The number of piperidine rings is 1. The van der Waals surface area contributed by atoms with Crippen LogP contribution < -0.4 is 4.90 Å². The fourth-order valence-corrected chi connectivity index (χ4v) is 4.17. The molecule has 0 radical (unpaired) electrons. The van der Waals surface area contributed by atoms with E-state index in [0.29, 0.717) is 0 Å². The number of carboxylic acid groups (broad SMARTS) is 2. The predicted octanol–water partition coefficient (Wildman–Crippen LogP) is 2.02. The highest BCUT2D eigenvalue weighted by molar-refractivity contribution is 6.27. The normalized spacial score (nSPS) is 18.1. The second-order valence-electron chi connectivity index (χ2n) is 7.83. The molecule has 0 saturated carbocycles. The Balaban J connectivity index is 0.000000401. The number of nitrogens with zero attached hydrogens (tertiary/aromatic N) is 4. The Kier molecular flexibility index (Phi) is 8.37. The third-order valence-corrected chi connectivity index (χ3v) is 5.85. The van der Waals surface area contributed by atoms with Gasteiger partial charge in [0.15, 0.2) is 0 Å². The average molecular weight is 427 g/mol. The molecular formula is C23H30N4O4. The number of anilines is 1. The molecule has 2 aromatic rings. The van der Waals surface area contributed by atoms with Crippen molar-refractivity contribution in [2.75, 3.05) is 44.2 Å². The number of likely N-dealkylation sites (tertiary alicyclic amines) is 1. The Labute approximate surface area is 182 Å². The van der Waals surface area contributed by atoms with Crippen molar-refractivity contribution in [2.45, 2.75) is 25.4 Å². The summed E-state index contributed by atoms with van der Waals surface area (Å²) in [6.07, 6.45) is 6.40. The zero-order chi connectivity index (χ0) is 22.1. The molecule has 0 spiro atoms. The van der Waals surface area contributed by atoms with E-state index in [1.807, 2.05) is 12.4 Å². The Hall–Kier alpha value is -2.97. The Morgan fingerprint density at radius 3 is 1.97 bits per heavy atom. The summed E-state index contributed by atoms with van der Waals surface area (Å²) < 4.78 is 0. The van der Waals surface area contributed by atoms with E-state index in [9.17, 15) is 0 Å². The lowest BCUT2D eigenvalue weighted by atomic mass is 10.0. The maximum absolute atomic E-state index is 9.10. The number of carbonyl (C=O) groups is 2. The summed E-state index contributed by atoms with van der Waals surface area (Å²) in [6, 6.07) is 15.9. The molecule has 3 heterocycles. The lowest BCUT2D eigenvalue weighted by Gasteiger charge is -2.43. The van der Waals surface area contributed by atoms with Crippen molar-refractivity contribution in [1.29, 1.82) is 0 Å². The number of carboxylic acids is 2. The van der Waals surface area contributed by atoms with Crippen LogP contribution in [0.4, 0.5) is 5.69 Å². The number of aromatic nitrogens is 1. The van der Waals surface area contributed by atoms with Crippen molar-refractivity contribution >= 4 is 17.6 Å². The van der Waals surface area contributed by atoms with E-state index in [1.165, 1.54) is 50.3 Å². The van der Waals surface area contributed by atoms with E-state index in [0.717, 1.165) is 25.7 Å². The molecule has 2 N–H and O–H groups in total. The van der Waals surface area contributed by atoms with E-state index in [4.69, 9.17) is 19.8 Å². The predicted molar refractivity (Wildman–Crippen MR) is 118 cm³/mol.